The highest BCUT2D eigenvalue weighted by molar-refractivity contribution is 6.36. The average Bonchev–Trinajstić information content (AvgIpc) is 3.11. The number of nitrogens with one attached hydrogen (secondary N) is 1. The van der Waals surface area contributed by atoms with Crippen molar-refractivity contribution < 1.29 is 19.6 Å². The summed E-state index contributed by atoms with van der Waals surface area (Å²) >= 11 is 0. The van der Waals surface area contributed by atoms with Gasteiger partial charge in [-0.1, -0.05) is 0 Å². The Labute approximate surface area is 168 Å². The van der Waals surface area contributed by atoms with Crippen LogP contribution in [0.3, 0.4) is 0 Å². The van der Waals surface area contributed by atoms with Crippen LogP contribution >= 0.6 is 0 Å². The normalized spacial score (nSPS) is 13.9. The summed E-state index contributed by atoms with van der Waals surface area (Å²) in [7, 11) is 0. The predicted molar refractivity (Wildman–Crippen MR) is 108 cm³/mol. The number of anilines is 1. The first-order valence-corrected chi connectivity index (χ1v) is 8.88. The van der Waals surface area contributed by atoms with E-state index in [0.717, 1.165) is 11.1 Å². The van der Waals surface area contributed by atoms with Gasteiger partial charge in [0.25, 0.3) is 11.2 Å². The van der Waals surface area contributed by atoms with E-state index in [1.165, 1.54) is 30.3 Å². The fourth-order valence-electron chi connectivity index (χ4n) is 3.31. The van der Waals surface area contributed by atoms with Crippen molar-refractivity contribution in [1.29, 1.82) is 0 Å². The van der Waals surface area contributed by atoms with Gasteiger partial charge in [-0.15, -0.1) is 0 Å². The molecule has 0 aliphatic carbocycles. The Morgan fingerprint density at radius 1 is 1.20 bits per heavy atom. The molecule has 0 bridgehead atoms. The Morgan fingerprint density at radius 2 is 1.93 bits per heavy atom. The summed E-state index contributed by atoms with van der Waals surface area (Å²) < 4.78 is 1.55. The van der Waals surface area contributed by atoms with E-state index in [1.54, 1.807) is 16.7 Å². The molecule has 2 heterocycles. The number of carboxylic acids is 1. The quantitative estimate of drug-likeness (QED) is 0.385. The van der Waals surface area contributed by atoms with E-state index in [-0.39, 0.29) is 16.9 Å². The van der Waals surface area contributed by atoms with Gasteiger partial charge in [0.1, 0.15) is 5.82 Å². The first kappa shape index (κ1) is 19.0. The van der Waals surface area contributed by atoms with Gasteiger partial charge in [-0.3, -0.25) is 24.3 Å². The highest BCUT2D eigenvalue weighted by atomic mass is 16.6. The van der Waals surface area contributed by atoms with Gasteiger partial charge in [0.15, 0.2) is 0 Å². The van der Waals surface area contributed by atoms with Crippen LogP contribution in [0.25, 0.3) is 22.6 Å². The lowest BCUT2D eigenvalue weighted by Crippen LogP contribution is -2.23. The summed E-state index contributed by atoms with van der Waals surface area (Å²) in [6.45, 7) is 0.452. The molecule has 1 aliphatic rings. The summed E-state index contributed by atoms with van der Waals surface area (Å²) in [5.41, 5.74) is 1.82. The summed E-state index contributed by atoms with van der Waals surface area (Å²) in [5.74, 6) is -2.34. The molecular weight excluding hydrogens is 392 g/mol. The van der Waals surface area contributed by atoms with Crippen LogP contribution in [0.15, 0.2) is 47.3 Å². The second kappa shape index (κ2) is 7.24. The lowest BCUT2D eigenvalue weighted by atomic mass is 10.1. The predicted octanol–water partition coefficient (Wildman–Crippen LogP) is 2.27. The summed E-state index contributed by atoms with van der Waals surface area (Å²) in [6, 6.07) is 10.4. The van der Waals surface area contributed by atoms with Crippen molar-refractivity contribution >= 4 is 45.8 Å². The van der Waals surface area contributed by atoms with Gasteiger partial charge in [0.2, 0.25) is 0 Å². The van der Waals surface area contributed by atoms with Crippen LogP contribution in [0, 0.1) is 10.1 Å². The molecule has 1 amide bonds. The minimum absolute atomic E-state index is 0.0137. The van der Waals surface area contributed by atoms with E-state index in [2.05, 4.69) is 10.3 Å². The number of amides is 1. The SMILES string of the molecule is O=C(O)C(=O)Nc1ccc2c(=O)n3c(nc2c1)C(=Cc1ccc([N+](=O)[O-])cc1)CC3. The molecule has 0 saturated heterocycles. The van der Waals surface area contributed by atoms with Gasteiger partial charge in [-0.05, 0) is 54.0 Å². The van der Waals surface area contributed by atoms with Gasteiger partial charge in [-0.2, -0.15) is 0 Å². The fourth-order valence-corrected chi connectivity index (χ4v) is 3.31. The van der Waals surface area contributed by atoms with Crippen molar-refractivity contribution in [3.8, 4) is 0 Å². The molecule has 0 unspecified atom stereocenters. The van der Waals surface area contributed by atoms with Gasteiger partial charge in [0.05, 0.1) is 15.8 Å². The van der Waals surface area contributed by atoms with E-state index in [9.17, 15) is 24.5 Å². The first-order chi connectivity index (χ1) is 14.3. The van der Waals surface area contributed by atoms with Crippen LogP contribution in [0.4, 0.5) is 11.4 Å². The number of aliphatic carboxylic acids is 1. The number of nitrogens with zero attached hydrogens (tertiary/aromatic N) is 3. The summed E-state index contributed by atoms with van der Waals surface area (Å²) in [4.78, 5) is 49.8. The largest absolute Gasteiger partial charge is 0.474 e. The molecule has 0 atom stereocenters. The van der Waals surface area contributed by atoms with Crippen molar-refractivity contribution in [3.05, 3.63) is 74.3 Å². The molecule has 2 aromatic carbocycles. The maximum Gasteiger partial charge on any atom is 0.394 e. The number of benzene rings is 2. The maximum absolute atomic E-state index is 12.8. The first-order valence-electron chi connectivity index (χ1n) is 8.88. The molecule has 4 rings (SSSR count). The molecule has 0 saturated carbocycles. The zero-order valence-corrected chi connectivity index (χ0v) is 15.4. The van der Waals surface area contributed by atoms with Gasteiger partial charge in [0, 0.05) is 24.4 Å². The third-order valence-electron chi connectivity index (χ3n) is 4.74. The van der Waals surface area contributed by atoms with Crippen LogP contribution in [-0.2, 0) is 16.1 Å². The summed E-state index contributed by atoms with van der Waals surface area (Å²) in [5, 5.41) is 22.1. The number of hydrogen-bond donors (Lipinski definition) is 2. The van der Waals surface area contributed by atoms with Crippen LogP contribution in [0.2, 0.25) is 0 Å². The van der Waals surface area contributed by atoms with Gasteiger partial charge in [-0.25, -0.2) is 9.78 Å². The lowest BCUT2D eigenvalue weighted by Gasteiger charge is -2.08. The zero-order valence-electron chi connectivity index (χ0n) is 15.4. The van der Waals surface area contributed by atoms with Crippen LogP contribution < -0.4 is 10.9 Å². The number of fused-ring (bicyclic) bond motifs is 2. The zero-order chi connectivity index (χ0) is 21.4. The van der Waals surface area contributed by atoms with E-state index in [0.29, 0.717) is 29.7 Å². The van der Waals surface area contributed by atoms with Gasteiger partial charge < -0.3 is 10.4 Å². The van der Waals surface area contributed by atoms with E-state index in [4.69, 9.17) is 5.11 Å². The van der Waals surface area contributed by atoms with Crippen molar-refractivity contribution in [1.82, 2.24) is 9.55 Å². The monoisotopic (exact) mass is 406 g/mol. The van der Waals surface area contributed by atoms with Crippen molar-refractivity contribution in [2.45, 2.75) is 13.0 Å². The maximum atomic E-state index is 12.8. The molecular formula is C20H14N4O6. The number of carbonyl (C=O) groups is 2. The van der Waals surface area contributed by atoms with Crippen LogP contribution in [-0.4, -0.2) is 31.5 Å². The highest BCUT2D eigenvalue weighted by Crippen LogP contribution is 2.28. The lowest BCUT2D eigenvalue weighted by molar-refractivity contribution is -0.384. The Morgan fingerprint density at radius 3 is 2.60 bits per heavy atom. The molecule has 2 N–H and O–H groups in total. The number of nitro groups is 1. The fraction of sp³-hybridized carbons (Fsp3) is 0.100. The number of carboxylic acid groups (broad SMARTS) is 1. The molecule has 0 fully saturated rings. The molecule has 1 aliphatic heterocycles. The Hall–Kier alpha value is -4.34. The molecule has 0 spiro atoms. The molecule has 10 nitrogen and oxygen atoms in total. The second-order valence-corrected chi connectivity index (χ2v) is 6.65. The van der Waals surface area contributed by atoms with Crippen LogP contribution in [0.1, 0.15) is 17.8 Å². The van der Waals surface area contributed by atoms with Crippen LogP contribution in [0.5, 0.6) is 0 Å². The van der Waals surface area contributed by atoms with E-state index < -0.39 is 16.8 Å². The Kier molecular flexibility index (Phi) is 4.59. The van der Waals surface area contributed by atoms with Crippen molar-refractivity contribution in [2.24, 2.45) is 0 Å². The molecule has 1 aromatic heterocycles. The number of aromatic nitrogens is 2. The van der Waals surface area contributed by atoms with Crippen molar-refractivity contribution in [3.63, 3.8) is 0 Å². The molecule has 30 heavy (non-hydrogen) atoms. The van der Waals surface area contributed by atoms with E-state index >= 15 is 0 Å². The number of non-ortho nitro benzene ring substituents is 1. The molecule has 150 valence electrons. The highest BCUT2D eigenvalue weighted by Gasteiger charge is 2.21. The van der Waals surface area contributed by atoms with Crippen molar-refractivity contribution in [2.75, 3.05) is 5.32 Å². The Balaban J connectivity index is 1.75. The second-order valence-electron chi connectivity index (χ2n) is 6.65. The number of allylic oxidation sites excluding steroid dienone is 1. The summed E-state index contributed by atoms with van der Waals surface area (Å²) in [6.07, 6.45) is 2.38. The smallest absolute Gasteiger partial charge is 0.394 e. The minimum atomic E-state index is -1.62. The molecule has 0 radical (unpaired) electrons. The minimum Gasteiger partial charge on any atom is -0.474 e. The van der Waals surface area contributed by atoms with E-state index in [1.807, 2.05) is 6.08 Å². The standard InChI is InChI=1S/C20H14N4O6/c25-18(20(27)28)21-13-3-6-15-16(10-13)22-17-12(7-8-23(17)19(15)26)9-11-1-4-14(5-2-11)24(29)30/h1-6,9-10H,7-8H2,(H,21,25)(H,27,28). The third kappa shape index (κ3) is 3.41. The number of nitro benzene ring substituents is 1. The molecule has 10 heteroatoms. The number of hydrogen-bond acceptors (Lipinski definition) is 6. The Bertz CT molecular complexity index is 1310. The molecule has 3 aromatic rings. The average molecular weight is 406 g/mol. The number of carbonyl (C=O) groups excluding carboxylic acids is 1. The number of rotatable bonds is 3. The van der Waals surface area contributed by atoms with Gasteiger partial charge >= 0.3 is 11.9 Å². The third-order valence-corrected chi connectivity index (χ3v) is 4.74. The topological polar surface area (TPSA) is 144 Å².